The zero-order valence-corrected chi connectivity index (χ0v) is 17.1. The number of nitrogens with one attached hydrogen (secondary N) is 1. The highest BCUT2D eigenvalue weighted by atomic mass is 32.2. The van der Waals surface area contributed by atoms with E-state index in [-0.39, 0.29) is 11.9 Å². The van der Waals surface area contributed by atoms with Gasteiger partial charge in [0.25, 0.3) is 5.91 Å². The predicted octanol–water partition coefficient (Wildman–Crippen LogP) is 2.34. The van der Waals surface area contributed by atoms with Crippen LogP contribution in [0.4, 0.5) is 0 Å². The van der Waals surface area contributed by atoms with Crippen LogP contribution < -0.4 is 14.8 Å². The number of piperidine rings is 1. The van der Waals surface area contributed by atoms with Gasteiger partial charge in [0, 0.05) is 24.0 Å². The number of hydrogen-bond donors (Lipinski definition) is 1. The third-order valence-corrected chi connectivity index (χ3v) is 7.25. The number of sulfonamides is 1. The number of amides is 1. The molecule has 1 amide bonds. The Labute approximate surface area is 168 Å². The van der Waals surface area contributed by atoms with Gasteiger partial charge in [0.2, 0.25) is 10.0 Å². The lowest BCUT2D eigenvalue weighted by Gasteiger charge is -2.31. The largest absolute Gasteiger partial charge is 0.486 e. The quantitative estimate of drug-likeness (QED) is 0.818. The number of carbonyl (C=O) groups is 1. The lowest BCUT2D eigenvalue weighted by molar-refractivity contribution is 0.0925. The van der Waals surface area contributed by atoms with Gasteiger partial charge < -0.3 is 14.8 Å². The summed E-state index contributed by atoms with van der Waals surface area (Å²) >= 11 is 1.40. The van der Waals surface area contributed by atoms with Gasteiger partial charge in [-0.2, -0.15) is 0 Å². The maximum Gasteiger partial charge on any atom is 0.261 e. The van der Waals surface area contributed by atoms with Crippen molar-refractivity contribution in [3.05, 3.63) is 35.2 Å². The summed E-state index contributed by atoms with van der Waals surface area (Å²) in [5.41, 5.74) is 0.967. The van der Waals surface area contributed by atoms with Crippen molar-refractivity contribution in [2.24, 2.45) is 0 Å². The Morgan fingerprint density at radius 3 is 2.75 bits per heavy atom. The Hall–Kier alpha value is -2.10. The minimum atomic E-state index is -3.24. The third-order valence-electron chi connectivity index (χ3n) is 4.84. The smallest absolute Gasteiger partial charge is 0.261 e. The normalized spacial score (nSPS) is 20.0. The molecule has 0 saturated carbocycles. The third kappa shape index (κ3) is 4.16. The Bertz CT molecular complexity index is 986. The Balaban J connectivity index is 1.45. The second-order valence-electron chi connectivity index (χ2n) is 6.96. The molecule has 0 radical (unpaired) electrons. The lowest BCUT2D eigenvalue weighted by Crippen LogP contribution is -2.49. The summed E-state index contributed by atoms with van der Waals surface area (Å²) in [6.07, 6.45) is 2.72. The van der Waals surface area contributed by atoms with Gasteiger partial charge in [-0.3, -0.25) is 4.79 Å². The van der Waals surface area contributed by atoms with Gasteiger partial charge in [-0.25, -0.2) is 12.7 Å². The molecule has 2 aliphatic heterocycles. The van der Waals surface area contributed by atoms with Crippen LogP contribution in [0.3, 0.4) is 0 Å². The van der Waals surface area contributed by atoms with E-state index >= 15 is 0 Å². The number of hydrogen-bond acceptors (Lipinski definition) is 6. The summed E-state index contributed by atoms with van der Waals surface area (Å²) in [5, 5.41) is 2.97. The van der Waals surface area contributed by atoms with Gasteiger partial charge in [0.1, 0.15) is 13.2 Å². The highest BCUT2D eigenvalue weighted by Gasteiger charge is 2.27. The molecule has 1 atom stereocenters. The highest BCUT2D eigenvalue weighted by molar-refractivity contribution is 7.88. The molecule has 2 aliphatic rings. The molecule has 1 aromatic carbocycles. The molecule has 4 rings (SSSR count). The molecule has 9 heteroatoms. The Morgan fingerprint density at radius 1 is 1.18 bits per heavy atom. The molecule has 0 bridgehead atoms. The summed E-state index contributed by atoms with van der Waals surface area (Å²) in [6.45, 7) is 1.91. The van der Waals surface area contributed by atoms with Crippen molar-refractivity contribution in [3.63, 3.8) is 0 Å². The molecule has 28 heavy (non-hydrogen) atoms. The summed E-state index contributed by atoms with van der Waals surface area (Å²) in [6, 6.07) is 9.29. The molecule has 3 heterocycles. The number of thiophene rings is 1. The average Bonchev–Trinajstić information content (AvgIpc) is 3.17. The SMILES string of the molecule is CS(=O)(=O)N1CCCC(NC(=O)c2ccc(-c3ccc4c(c3)OCCO4)s2)C1. The van der Waals surface area contributed by atoms with E-state index in [0.717, 1.165) is 29.0 Å². The molecule has 7 nitrogen and oxygen atoms in total. The van der Waals surface area contributed by atoms with E-state index in [1.165, 1.54) is 21.9 Å². The molecule has 0 spiro atoms. The second-order valence-corrected chi connectivity index (χ2v) is 10.0. The van der Waals surface area contributed by atoms with Crippen molar-refractivity contribution in [1.29, 1.82) is 0 Å². The van der Waals surface area contributed by atoms with Gasteiger partial charge in [-0.1, -0.05) is 0 Å². The molecule has 1 unspecified atom stereocenters. The second kappa shape index (κ2) is 7.73. The van der Waals surface area contributed by atoms with Crippen LogP contribution in [-0.4, -0.2) is 57.2 Å². The average molecular weight is 423 g/mol. The van der Waals surface area contributed by atoms with E-state index in [9.17, 15) is 13.2 Å². The summed E-state index contributed by atoms with van der Waals surface area (Å²) in [5.74, 6) is 1.28. The van der Waals surface area contributed by atoms with Crippen LogP contribution in [-0.2, 0) is 10.0 Å². The monoisotopic (exact) mass is 422 g/mol. The number of ether oxygens (including phenoxy) is 2. The van der Waals surface area contributed by atoms with Crippen molar-refractivity contribution >= 4 is 27.3 Å². The van der Waals surface area contributed by atoms with Crippen LogP contribution in [0.15, 0.2) is 30.3 Å². The van der Waals surface area contributed by atoms with Gasteiger partial charge in [-0.05, 0) is 48.7 Å². The highest BCUT2D eigenvalue weighted by Crippen LogP contribution is 2.36. The fraction of sp³-hybridized carbons (Fsp3) is 0.421. The summed E-state index contributed by atoms with van der Waals surface area (Å²) < 4.78 is 36.1. The van der Waals surface area contributed by atoms with Gasteiger partial charge in [-0.15, -0.1) is 11.3 Å². The van der Waals surface area contributed by atoms with Crippen LogP contribution in [0, 0.1) is 0 Å². The number of fused-ring (bicyclic) bond motifs is 1. The van der Waals surface area contributed by atoms with E-state index in [4.69, 9.17) is 9.47 Å². The van der Waals surface area contributed by atoms with Gasteiger partial charge in [0.15, 0.2) is 11.5 Å². The zero-order valence-electron chi connectivity index (χ0n) is 15.5. The molecule has 1 saturated heterocycles. The first-order valence-electron chi connectivity index (χ1n) is 9.16. The topological polar surface area (TPSA) is 84.9 Å². The fourth-order valence-electron chi connectivity index (χ4n) is 3.43. The number of carbonyl (C=O) groups excluding carboxylic acids is 1. The number of benzene rings is 1. The number of rotatable bonds is 4. The van der Waals surface area contributed by atoms with Crippen LogP contribution in [0.5, 0.6) is 11.5 Å². The van der Waals surface area contributed by atoms with E-state index in [1.54, 1.807) is 6.07 Å². The zero-order chi connectivity index (χ0) is 19.7. The van der Waals surface area contributed by atoms with Gasteiger partial charge >= 0.3 is 0 Å². The van der Waals surface area contributed by atoms with E-state index in [2.05, 4.69) is 5.32 Å². The summed E-state index contributed by atoms with van der Waals surface area (Å²) in [7, 11) is -3.24. The van der Waals surface area contributed by atoms with Crippen molar-refractivity contribution in [2.45, 2.75) is 18.9 Å². The number of nitrogens with zero attached hydrogens (tertiary/aromatic N) is 1. The lowest BCUT2D eigenvalue weighted by atomic mass is 10.1. The van der Waals surface area contributed by atoms with E-state index in [0.29, 0.717) is 36.9 Å². The van der Waals surface area contributed by atoms with Crippen LogP contribution >= 0.6 is 11.3 Å². The summed E-state index contributed by atoms with van der Waals surface area (Å²) in [4.78, 5) is 14.2. The van der Waals surface area contributed by atoms with Crippen LogP contribution in [0.2, 0.25) is 0 Å². The minimum absolute atomic E-state index is 0.171. The Kier molecular flexibility index (Phi) is 5.31. The maximum absolute atomic E-state index is 12.6. The first-order valence-corrected chi connectivity index (χ1v) is 11.8. The predicted molar refractivity (Wildman–Crippen MR) is 108 cm³/mol. The fourth-order valence-corrected chi connectivity index (χ4v) is 5.25. The molecule has 1 N–H and O–H groups in total. The standard InChI is InChI=1S/C19H22N2O5S2/c1-28(23,24)21-8-2-3-14(12-21)20-19(22)18-7-6-17(27-18)13-4-5-15-16(11-13)26-10-9-25-15/h4-7,11,14H,2-3,8-10,12H2,1H3,(H,20,22). The van der Waals surface area contributed by atoms with Crippen LogP contribution in [0.25, 0.3) is 10.4 Å². The molecule has 2 aromatic rings. The van der Waals surface area contributed by atoms with Gasteiger partial charge in [0.05, 0.1) is 11.1 Å². The molecule has 0 aliphatic carbocycles. The van der Waals surface area contributed by atoms with Crippen molar-refractivity contribution in [2.75, 3.05) is 32.6 Å². The molecular weight excluding hydrogens is 400 g/mol. The van der Waals surface area contributed by atoms with E-state index < -0.39 is 10.0 Å². The van der Waals surface area contributed by atoms with Crippen LogP contribution in [0.1, 0.15) is 22.5 Å². The van der Waals surface area contributed by atoms with Crippen molar-refractivity contribution < 1.29 is 22.7 Å². The van der Waals surface area contributed by atoms with Crippen molar-refractivity contribution in [3.8, 4) is 21.9 Å². The maximum atomic E-state index is 12.6. The Morgan fingerprint density at radius 2 is 1.96 bits per heavy atom. The first kappa shape index (κ1) is 19.2. The first-order chi connectivity index (χ1) is 13.4. The molecule has 1 fully saturated rings. The van der Waals surface area contributed by atoms with Crippen molar-refractivity contribution in [1.82, 2.24) is 9.62 Å². The molecular formula is C19H22N2O5S2. The molecule has 150 valence electrons. The molecule has 1 aromatic heterocycles. The van der Waals surface area contributed by atoms with E-state index in [1.807, 2.05) is 24.3 Å². The minimum Gasteiger partial charge on any atom is -0.486 e.